The second-order valence-electron chi connectivity index (χ2n) is 5.86. The fourth-order valence-electron chi connectivity index (χ4n) is 2.96. The molecule has 2 N–H and O–H groups in total. The van der Waals surface area contributed by atoms with Gasteiger partial charge >= 0.3 is 0 Å². The smallest absolute Gasteiger partial charge is 0.262 e. The maximum Gasteiger partial charge on any atom is 0.262 e. The van der Waals surface area contributed by atoms with Crippen molar-refractivity contribution in [3.05, 3.63) is 39.4 Å². The Balaban J connectivity index is 1.55. The highest BCUT2D eigenvalue weighted by atomic mass is 32.1. The molecule has 0 spiro atoms. The fourth-order valence-corrected chi connectivity index (χ4v) is 3.62. The molecular weight excluding hydrogens is 338 g/mol. The highest BCUT2D eigenvalue weighted by molar-refractivity contribution is 7.08. The monoisotopic (exact) mass is 357 g/mol. The molecule has 0 aromatic carbocycles. The highest BCUT2D eigenvalue weighted by Gasteiger charge is 2.13. The van der Waals surface area contributed by atoms with E-state index in [0.717, 1.165) is 44.0 Å². The standard InChI is InChI=1S/C17H19N5O2S/c23-16-14-13(12-2-10-25-11-12)1-3-18-15(14)20-17(21-16)19-4-5-22-6-8-24-9-7-22/h1-3,10-11H,4-9H2,(H2,18,19,20,21,23). The van der Waals surface area contributed by atoms with Gasteiger partial charge in [-0.15, -0.1) is 0 Å². The van der Waals surface area contributed by atoms with Gasteiger partial charge in [0.15, 0.2) is 5.65 Å². The van der Waals surface area contributed by atoms with Crippen molar-refractivity contribution < 1.29 is 4.74 Å². The largest absolute Gasteiger partial charge is 0.379 e. The van der Waals surface area contributed by atoms with Gasteiger partial charge in [-0.05, 0) is 28.5 Å². The lowest BCUT2D eigenvalue weighted by Crippen LogP contribution is -2.39. The minimum absolute atomic E-state index is 0.173. The lowest BCUT2D eigenvalue weighted by atomic mass is 10.1. The molecule has 0 atom stereocenters. The summed E-state index contributed by atoms with van der Waals surface area (Å²) < 4.78 is 5.34. The van der Waals surface area contributed by atoms with Crippen molar-refractivity contribution in [2.24, 2.45) is 0 Å². The lowest BCUT2D eigenvalue weighted by Gasteiger charge is -2.26. The van der Waals surface area contributed by atoms with Gasteiger partial charge in [-0.25, -0.2) is 4.98 Å². The molecule has 3 aromatic rings. The van der Waals surface area contributed by atoms with Crippen LogP contribution in [-0.2, 0) is 4.74 Å². The number of aromatic amines is 1. The molecule has 0 saturated carbocycles. The molecule has 0 aliphatic carbocycles. The lowest BCUT2D eigenvalue weighted by molar-refractivity contribution is 0.0398. The number of H-pyrrole nitrogens is 1. The van der Waals surface area contributed by atoms with E-state index in [0.29, 0.717) is 23.5 Å². The van der Waals surface area contributed by atoms with Crippen LogP contribution in [0.1, 0.15) is 0 Å². The van der Waals surface area contributed by atoms with Crippen molar-refractivity contribution in [1.82, 2.24) is 19.9 Å². The van der Waals surface area contributed by atoms with E-state index < -0.39 is 0 Å². The summed E-state index contributed by atoms with van der Waals surface area (Å²) in [5, 5.41) is 7.73. The topological polar surface area (TPSA) is 83.1 Å². The number of fused-ring (bicyclic) bond motifs is 1. The number of hydrogen-bond acceptors (Lipinski definition) is 7. The third kappa shape index (κ3) is 3.55. The summed E-state index contributed by atoms with van der Waals surface area (Å²) in [4.78, 5) is 26.5. The maximum absolute atomic E-state index is 12.6. The first kappa shape index (κ1) is 16.2. The molecule has 25 heavy (non-hydrogen) atoms. The summed E-state index contributed by atoms with van der Waals surface area (Å²) in [5.74, 6) is 0.459. The molecule has 1 fully saturated rings. The van der Waals surface area contributed by atoms with Crippen LogP contribution in [0, 0.1) is 0 Å². The van der Waals surface area contributed by atoms with Crippen LogP contribution in [0.5, 0.6) is 0 Å². The molecule has 0 radical (unpaired) electrons. The van der Waals surface area contributed by atoms with Crippen LogP contribution >= 0.6 is 11.3 Å². The molecule has 7 nitrogen and oxygen atoms in total. The zero-order valence-corrected chi connectivity index (χ0v) is 14.5. The SMILES string of the molecule is O=c1[nH]c(NCCN2CCOCC2)nc2nccc(-c3ccsc3)c12. The number of ether oxygens (including phenoxy) is 1. The van der Waals surface area contributed by atoms with Gasteiger partial charge in [0.05, 0.1) is 18.6 Å². The van der Waals surface area contributed by atoms with E-state index in [2.05, 4.69) is 25.2 Å². The Hall–Kier alpha value is -2.29. The Morgan fingerprint density at radius 3 is 3.00 bits per heavy atom. The zero-order chi connectivity index (χ0) is 17.1. The number of hydrogen-bond donors (Lipinski definition) is 2. The summed E-state index contributed by atoms with van der Waals surface area (Å²) in [6, 6.07) is 3.85. The Morgan fingerprint density at radius 1 is 1.32 bits per heavy atom. The van der Waals surface area contributed by atoms with Crippen LogP contribution in [-0.4, -0.2) is 59.2 Å². The number of nitrogens with one attached hydrogen (secondary N) is 2. The van der Waals surface area contributed by atoms with E-state index in [1.54, 1.807) is 17.5 Å². The van der Waals surface area contributed by atoms with Crippen molar-refractivity contribution in [1.29, 1.82) is 0 Å². The molecule has 1 saturated heterocycles. The molecule has 8 heteroatoms. The Morgan fingerprint density at radius 2 is 2.20 bits per heavy atom. The minimum atomic E-state index is -0.173. The summed E-state index contributed by atoms with van der Waals surface area (Å²) in [6.07, 6.45) is 1.69. The predicted molar refractivity (Wildman–Crippen MR) is 99.2 cm³/mol. The van der Waals surface area contributed by atoms with E-state index in [4.69, 9.17) is 4.74 Å². The highest BCUT2D eigenvalue weighted by Crippen LogP contribution is 2.26. The molecule has 4 rings (SSSR count). The molecule has 130 valence electrons. The molecule has 1 aliphatic heterocycles. The fraction of sp³-hybridized carbons (Fsp3) is 0.353. The van der Waals surface area contributed by atoms with E-state index in [1.807, 2.05) is 22.9 Å². The summed E-state index contributed by atoms with van der Waals surface area (Å²) in [6.45, 7) is 5.02. The second-order valence-corrected chi connectivity index (χ2v) is 6.64. The maximum atomic E-state index is 12.6. The van der Waals surface area contributed by atoms with Gasteiger partial charge < -0.3 is 10.1 Å². The van der Waals surface area contributed by atoms with Crippen molar-refractivity contribution in [3.8, 4) is 11.1 Å². The number of morpholine rings is 1. The van der Waals surface area contributed by atoms with Gasteiger partial charge in [0.2, 0.25) is 5.95 Å². The Kier molecular flexibility index (Phi) is 4.73. The van der Waals surface area contributed by atoms with Gasteiger partial charge in [-0.2, -0.15) is 16.3 Å². The number of thiophene rings is 1. The molecule has 1 aliphatic rings. The average Bonchev–Trinajstić information content (AvgIpc) is 3.17. The van der Waals surface area contributed by atoms with E-state index in [-0.39, 0.29) is 5.56 Å². The van der Waals surface area contributed by atoms with Crippen molar-refractivity contribution in [2.75, 3.05) is 44.7 Å². The number of rotatable bonds is 5. The molecule has 0 bridgehead atoms. The molecular formula is C17H19N5O2S. The number of aromatic nitrogens is 3. The first-order valence-electron chi connectivity index (χ1n) is 8.27. The quantitative estimate of drug-likeness (QED) is 0.724. The van der Waals surface area contributed by atoms with Gasteiger partial charge in [0.1, 0.15) is 0 Å². The van der Waals surface area contributed by atoms with E-state index in [9.17, 15) is 4.79 Å². The normalized spacial score (nSPS) is 15.5. The minimum Gasteiger partial charge on any atom is -0.379 e. The predicted octanol–water partition coefficient (Wildman–Crippen LogP) is 1.79. The van der Waals surface area contributed by atoms with Crippen molar-refractivity contribution in [2.45, 2.75) is 0 Å². The van der Waals surface area contributed by atoms with Crippen molar-refractivity contribution >= 4 is 28.3 Å². The number of nitrogens with zero attached hydrogens (tertiary/aromatic N) is 3. The van der Waals surface area contributed by atoms with Gasteiger partial charge in [0.25, 0.3) is 5.56 Å². The average molecular weight is 357 g/mol. The van der Waals surface area contributed by atoms with Crippen LogP contribution in [0.15, 0.2) is 33.9 Å². The summed E-state index contributed by atoms with van der Waals surface area (Å²) >= 11 is 1.60. The van der Waals surface area contributed by atoms with Crippen LogP contribution in [0.2, 0.25) is 0 Å². The Labute approximate surface area is 148 Å². The summed E-state index contributed by atoms with van der Waals surface area (Å²) in [7, 11) is 0. The van der Waals surface area contributed by atoms with Crippen LogP contribution in [0.4, 0.5) is 5.95 Å². The number of pyridine rings is 1. The van der Waals surface area contributed by atoms with E-state index in [1.165, 1.54) is 0 Å². The second kappa shape index (κ2) is 7.30. The molecule has 3 aromatic heterocycles. The zero-order valence-electron chi connectivity index (χ0n) is 13.7. The van der Waals surface area contributed by atoms with Gasteiger partial charge in [0, 0.05) is 37.9 Å². The first-order valence-corrected chi connectivity index (χ1v) is 9.21. The molecule has 4 heterocycles. The molecule has 0 amide bonds. The van der Waals surface area contributed by atoms with Crippen LogP contribution in [0.3, 0.4) is 0 Å². The van der Waals surface area contributed by atoms with Gasteiger partial charge in [-0.1, -0.05) is 0 Å². The van der Waals surface area contributed by atoms with Crippen molar-refractivity contribution in [3.63, 3.8) is 0 Å². The van der Waals surface area contributed by atoms with Crippen LogP contribution < -0.4 is 10.9 Å². The Bertz CT molecular complexity index is 903. The first-order chi connectivity index (χ1) is 12.3. The third-order valence-electron chi connectivity index (χ3n) is 4.26. The van der Waals surface area contributed by atoms with E-state index >= 15 is 0 Å². The summed E-state index contributed by atoms with van der Waals surface area (Å²) in [5.41, 5.74) is 2.16. The van der Waals surface area contributed by atoms with Crippen LogP contribution in [0.25, 0.3) is 22.2 Å². The number of anilines is 1. The third-order valence-corrected chi connectivity index (χ3v) is 4.95. The van der Waals surface area contributed by atoms with Gasteiger partial charge in [-0.3, -0.25) is 14.7 Å². The molecule has 0 unspecified atom stereocenters.